The van der Waals surface area contributed by atoms with Gasteiger partial charge in [-0.15, -0.1) is 0 Å². The number of hydrogen-bond donors (Lipinski definition) is 2. The molecule has 2 rings (SSSR count). The molecule has 0 unspecified atom stereocenters. The van der Waals surface area contributed by atoms with Crippen molar-refractivity contribution in [3.8, 4) is 0 Å². The predicted molar refractivity (Wildman–Crippen MR) is 68.4 cm³/mol. The lowest BCUT2D eigenvalue weighted by Crippen LogP contribution is -2.11. The fraction of sp³-hybridized carbons (Fsp3) is 0.286. The van der Waals surface area contributed by atoms with Gasteiger partial charge in [-0.25, -0.2) is 0 Å². The van der Waals surface area contributed by atoms with Gasteiger partial charge in [-0.1, -0.05) is 31.2 Å². The Labute approximate surface area is 96.6 Å². The van der Waals surface area contributed by atoms with Crippen LogP contribution in [0.25, 0.3) is 5.70 Å². The second-order valence-electron chi connectivity index (χ2n) is 4.17. The molecule has 0 fully saturated rings. The van der Waals surface area contributed by atoms with Gasteiger partial charge in [0.1, 0.15) is 0 Å². The monoisotopic (exact) mass is 214 g/mol. The minimum Gasteiger partial charge on any atom is -0.402 e. The van der Waals surface area contributed by atoms with Crippen molar-refractivity contribution in [3.05, 3.63) is 52.7 Å². The van der Waals surface area contributed by atoms with Gasteiger partial charge in [-0.2, -0.15) is 0 Å². The zero-order valence-electron chi connectivity index (χ0n) is 9.66. The summed E-state index contributed by atoms with van der Waals surface area (Å²) in [5.41, 5.74) is 17.5. The van der Waals surface area contributed by atoms with Crippen LogP contribution in [0.2, 0.25) is 0 Å². The summed E-state index contributed by atoms with van der Waals surface area (Å²) in [4.78, 5) is 0. The van der Waals surface area contributed by atoms with E-state index in [1.54, 1.807) is 0 Å². The molecule has 2 heteroatoms. The lowest BCUT2D eigenvalue weighted by atomic mass is 9.89. The van der Waals surface area contributed by atoms with Crippen LogP contribution in [0, 0.1) is 0 Å². The van der Waals surface area contributed by atoms with E-state index in [9.17, 15) is 0 Å². The first kappa shape index (κ1) is 10.8. The van der Waals surface area contributed by atoms with Crippen LogP contribution in [-0.2, 0) is 6.42 Å². The van der Waals surface area contributed by atoms with Crippen LogP contribution in [0.15, 0.2) is 41.6 Å². The van der Waals surface area contributed by atoms with Crippen molar-refractivity contribution in [1.29, 1.82) is 0 Å². The molecule has 4 N–H and O–H groups in total. The highest BCUT2D eigenvalue weighted by atomic mass is 14.6. The van der Waals surface area contributed by atoms with Gasteiger partial charge in [-0.05, 0) is 36.5 Å². The van der Waals surface area contributed by atoms with E-state index in [-0.39, 0.29) is 0 Å². The maximum atomic E-state index is 6.17. The zero-order valence-corrected chi connectivity index (χ0v) is 9.66. The SMILES string of the molecule is CC/C(N)=C/C1=C(N)c2ccccc2CC1. The summed E-state index contributed by atoms with van der Waals surface area (Å²) in [5.74, 6) is 0. The van der Waals surface area contributed by atoms with Crippen molar-refractivity contribution < 1.29 is 0 Å². The molecule has 0 amide bonds. The largest absolute Gasteiger partial charge is 0.402 e. The van der Waals surface area contributed by atoms with Crippen LogP contribution in [0.4, 0.5) is 0 Å². The molecule has 0 bridgehead atoms. The topological polar surface area (TPSA) is 52.0 Å². The molecule has 1 aromatic rings. The van der Waals surface area contributed by atoms with E-state index in [0.717, 1.165) is 30.7 Å². The Morgan fingerprint density at radius 3 is 2.81 bits per heavy atom. The second kappa shape index (κ2) is 4.44. The summed E-state index contributed by atoms with van der Waals surface area (Å²) in [6, 6.07) is 8.32. The average Bonchev–Trinajstić information content (AvgIpc) is 2.33. The third-order valence-electron chi connectivity index (χ3n) is 3.09. The van der Waals surface area contributed by atoms with Gasteiger partial charge in [0.15, 0.2) is 0 Å². The molecule has 16 heavy (non-hydrogen) atoms. The number of nitrogens with two attached hydrogens (primary N) is 2. The van der Waals surface area contributed by atoms with E-state index < -0.39 is 0 Å². The van der Waals surface area contributed by atoms with Gasteiger partial charge >= 0.3 is 0 Å². The molecule has 1 aliphatic rings. The smallest absolute Gasteiger partial charge is 0.0423 e. The van der Waals surface area contributed by atoms with Crippen molar-refractivity contribution >= 4 is 5.70 Å². The van der Waals surface area contributed by atoms with Gasteiger partial charge in [0.25, 0.3) is 0 Å². The number of aryl methyl sites for hydroxylation is 1. The van der Waals surface area contributed by atoms with E-state index in [4.69, 9.17) is 11.5 Å². The molecule has 0 saturated heterocycles. The highest BCUT2D eigenvalue weighted by Crippen LogP contribution is 2.28. The van der Waals surface area contributed by atoms with E-state index >= 15 is 0 Å². The van der Waals surface area contributed by atoms with Crippen molar-refractivity contribution in [1.82, 2.24) is 0 Å². The molecule has 2 nitrogen and oxygen atoms in total. The Balaban J connectivity index is 2.43. The van der Waals surface area contributed by atoms with Crippen molar-refractivity contribution in [2.45, 2.75) is 26.2 Å². The standard InChI is InChI=1S/C14H18N2/c1-2-12(15)9-11-8-7-10-5-3-4-6-13(10)14(11)16/h3-6,9H,2,7-8,15-16H2,1H3/b12-9-. The quantitative estimate of drug-likeness (QED) is 0.795. The number of hydrogen-bond acceptors (Lipinski definition) is 2. The maximum Gasteiger partial charge on any atom is 0.0423 e. The minimum absolute atomic E-state index is 0.873. The molecule has 0 saturated carbocycles. The molecule has 84 valence electrons. The molecular formula is C14H18N2. The third-order valence-corrected chi connectivity index (χ3v) is 3.09. The van der Waals surface area contributed by atoms with E-state index in [0.29, 0.717) is 0 Å². The Bertz CT molecular complexity index is 456. The Morgan fingerprint density at radius 2 is 2.06 bits per heavy atom. The first-order chi connectivity index (χ1) is 7.72. The van der Waals surface area contributed by atoms with Crippen LogP contribution in [0.5, 0.6) is 0 Å². The highest BCUT2D eigenvalue weighted by Gasteiger charge is 2.14. The normalized spacial score (nSPS) is 16.2. The van der Waals surface area contributed by atoms with Crippen LogP contribution in [0.1, 0.15) is 30.9 Å². The number of fused-ring (bicyclic) bond motifs is 1. The molecule has 0 atom stereocenters. The molecule has 0 aliphatic heterocycles. The fourth-order valence-corrected chi connectivity index (χ4v) is 2.05. The summed E-state index contributed by atoms with van der Waals surface area (Å²) in [6.45, 7) is 2.05. The lowest BCUT2D eigenvalue weighted by molar-refractivity contribution is 0.926. The van der Waals surface area contributed by atoms with E-state index in [2.05, 4.69) is 25.1 Å². The van der Waals surface area contributed by atoms with Gasteiger partial charge in [0.05, 0.1) is 0 Å². The Kier molecular flexibility index (Phi) is 3.00. The average molecular weight is 214 g/mol. The second-order valence-corrected chi connectivity index (χ2v) is 4.17. The number of benzene rings is 1. The van der Waals surface area contributed by atoms with Crippen molar-refractivity contribution in [2.24, 2.45) is 11.5 Å². The molecule has 0 radical (unpaired) electrons. The summed E-state index contributed by atoms with van der Waals surface area (Å²) in [7, 11) is 0. The third kappa shape index (κ3) is 1.96. The van der Waals surface area contributed by atoms with Crippen LogP contribution in [-0.4, -0.2) is 0 Å². The van der Waals surface area contributed by atoms with Gasteiger partial charge in [-0.3, -0.25) is 0 Å². The summed E-state index contributed by atoms with van der Waals surface area (Å²) in [5, 5.41) is 0. The van der Waals surface area contributed by atoms with Crippen molar-refractivity contribution in [3.63, 3.8) is 0 Å². The maximum absolute atomic E-state index is 6.17. The lowest BCUT2D eigenvalue weighted by Gasteiger charge is -2.19. The van der Waals surface area contributed by atoms with Crippen LogP contribution < -0.4 is 11.5 Å². The van der Waals surface area contributed by atoms with Gasteiger partial charge in [0.2, 0.25) is 0 Å². The summed E-state index contributed by atoms with van der Waals surface area (Å²) < 4.78 is 0. The molecule has 0 spiro atoms. The number of allylic oxidation sites excluding steroid dienone is 3. The van der Waals surface area contributed by atoms with E-state index in [1.165, 1.54) is 16.7 Å². The molecule has 1 aliphatic carbocycles. The minimum atomic E-state index is 0.873. The molecule has 1 aromatic carbocycles. The highest BCUT2D eigenvalue weighted by molar-refractivity contribution is 5.72. The fourth-order valence-electron chi connectivity index (χ4n) is 2.05. The van der Waals surface area contributed by atoms with Gasteiger partial charge < -0.3 is 11.5 Å². The number of rotatable bonds is 2. The molecule has 0 heterocycles. The summed E-state index contributed by atoms with van der Waals surface area (Å²) in [6.07, 6.45) is 4.95. The Morgan fingerprint density at radius 1 is 1.31 bits per heavy atom. The van der Waals surface area contributed by atoms with Crippen LogP contribution >= 0.6 is 0 Å². The zero-order chi connectivity index (χ0) is 11.5. The predicted octanol–water partition coefficient (Wildman–Crippen LogP) is 2.56. The summed E-state index contributed by atoms with van der Waals surface area (Å²) >= 11 is 0. The molecule has 0 aromatic heterocycles. The van der Waals surface area contributed by atoms with Crippen LogP contribution in [0.3, 0.4) is 0 Å². The van der Waals surface area contributed by atoms with Crippen molar-refractivity contribution in [2.75, 3.05) is 0 Å². The van der Waals surface area contributed by atoms with E-state index in [1.807, 2.05) is 12.1 Å². The molecular weight excluding hydrogens is 196 g/mol. The Hall–Kier alpha value is -1.70. The first-order valence-electron chi connectivity index (χ1n) is 5.75. The van der Waals surface area contributed by atoms with Gasteiger partial charge in [0, 0.05) is 17.0 Å². The first-order valence-corrected chi connectivity index (χ1v) is 5.75.